The molecule has 2 N–H and O–H groups in total. The van der Waals surface area contributed by atoms with E-state index in [4.69, 9.17) is 10.3 Å². The molecule has 1 amide bonds. The van der Waals surface area contributed by atoms with Crippen LogP contribution in [0.15, 0.2) is 53.2 Å². The van der Waals surface area contributed by atoms with E-state index in [1.807, 2.05) is 19.9 Å². The highest BCUT2D eigenvalue weighted by Crippen LogP contribution is 2.36. The predicted molar refractivity (Wildman–Crippen MR) is 113 cm³/mol. The Balaban J connectivity index is 1.73. The number of carbonyl (C=O) groups excluding carboxylic acids is 1. The van der Waals surface area contributed by atoms with Crippen molar-refractivity contribution in [3.8, 4) is 22.8 Å². The van der Waals surface area contributed by atoms with Crippen molar-refractivity contribution in [2.45, 2.75) is 33.0 Å². The van der Waals surface area contributed by atoms with Crippen LogP contribution in [0.25, 0.3) is 33.7 Å². The Morgan fingerprint density at radius 2 is 1.97 bits per heavy atom. The number of alkyl halides is 3. The van der Waals surface area contributed by atoms with Crippen LogP contribution in [0.5, 0.6) is 0 Å². The minimum atomic E-state index is -4.49. The minimum absolute atomic E-state index is 0.00447. The molecular formula is C23H21F3N4O2. The van der Waals surface area contributed by atoms with Gasteiger partial charge in [0.25, 0.3) is 5.89 Å². The van der Waals surface area contributed by atoms with E-state index in [0.29, 0.717) is 12.0 Å². The Labute approximate surface area is 181 Å². The number of rotatable bonds is 6. The molecule has 0 saturated heterocycles. The first kappa shape index (κ1) is 21.6. The molecule has 2 heterocycles. The minimum Gasteiger partial charge on any atom is -0.368 e. The third kappa shape index (κ3) is 4.23. The van der Waals surface area contributed by atoms with Crippen LogP contribution in [0.3, 0.4) is 0 Å². The van der Waals surface area contributed by atoms with Crippen LogP contribution in [-0.2, 0) is 23.9 Å². The van der Waals surface area contributed by atoms with E-state index >= 15 is 0 Å². The van der Waals surface area contributed by atoms with Gasteiger partial charge in [-0.1, -0.05) is 37.2 Å². The fourth-order valence-corrected chi connectivity index (χ4v) is 3.77. The molecule has 0 bridgehead atoms. The maximum Gasteiger partial charge on any atom is 0.416 e. The van der Waals surface area contributed by atoms with E-state index in [-0.39, 0.29) is 35.3 Å². The summed E-state index contributed by atoms with van der Waals surface area (Å²) < 4.78 is 47.9. The SMILES string of the molecule is CC(C)Cc1ccc(-c2nc(-c3cccc4c3ccn4CC(N)=O)no2)cc1C(F)(F)F. The highest BCUT2D eigenvalue weighted by atomic mass is 19.4. The van der Waals surface area contributed by atoms with Crippen molar-refractivity contribution in [2.24, 2.45) is 11.7 Å². The Kier molecular flexibility index (Phi) is 5.50. The molecule has 4 aromatic rings. The number of carbonyl (C=O) groups is 1. The average molecular weight is 442 g/mol. The van der Waals surface area contributed by atoms with Crippen molar-refractivity contribution in [1.82, 2.24) is 14.7 Å². The second-order valence-electron chi connectivity index (χ2n) is 8.04. The maximum absolute atomic E-state index is 13.6. The average Bonchev–Trinajstić information content (AvgIpc) is 3.34. The van der Waals surface area contributed by atoms with Gasteiger partial charge in [-0.2, -0.15) is 18.2 Å². The zero-order valence-electron chi connectivity index (χ0n) is 17.5. The number of amides is 1. The van der Waals surface area contributed by atoms with Crippen LogP contribution in [0.4, 0.5) is 13.2 Å². The number of nitrogens with two attached hydrogens (primary N) is 1. The zero-order valence-corrected chi connectivity index (χ0v) is 17.5. The Morgan fingerprint density at radius 1 is 1.19 bits per heavy atom. The van der Waals surface area contributed by atoms with Crippen LogP contribution in [0.1, 0.15) is 25.0 Å². The summed E-state index contributed by atoms with van der Waals surface area (Å²) >= 11 is 0. The zero-order chi connectivity index (χ0) is 23.0. The number of aromatic nitrogens is 3. The van der Waals surface area contributed by atoms with E-state index in [0.717, 1.165) is 17.0 Å². The second-order valence-corrected chi connectivity index (χ2v) is 8.04. The van der Waals surface area contributed by atoms with Crippen LogP contribution in [0, 0.1) is 5.92 Å². The molecule has 0 aliphatic heterocycles. The quantitative estimate of drug-likeness (QED) is 0.452. The molecule has 6 nitrogen and oxygen atoms in total. The van der Waals surface area contributed by atoms with Gasteiger partial charge in [0.1, 0.15) is 6.54 Å². The molecule has 0 spiro atoms. The van der Waals surface area contributed by atoms with Gasteiger partial charge in [-0.05, 0) is 42.2 Å². The summed E-state index contributed by atoms with van der Waals surface area (Å²) in [5.74, 6) is -0.159. The maximum atomic E-state index is 13.6. The first-order valence-corrected chi connectivity index (χ1v) is 10.0. The third-order valence-electron chi connectivity index (χ3n) is 5.10. The molecule has 0 aliphatic carbocycles. The van der Waals surface area contributed by atoms with Crippen LogP contribution in [0.2, 0.25) is 0 Å². The summed E-state index contributed by atoms with van der Waals surface area (Å²) in [5.41, 5.74) is 6.41. The van der Waals surface area contributed by atoms with Crippen molar-refractivity contribution >= 4 is 16.8 Å². The Hall–Kier alpha value is -3.62. The van der Waals surface area contributed by atoms with Crippen LogP contribution >= 0.6 is 0 Å². The van der Waals surface area contributed by atoms with Gasteiger partial charge in [-0.15, -0.1) is 0 Å². The summed E-state index contributed by atoms with van der Waals surface area (Å²) in [6, 6.07) is 11.3. The van der Waals surface area contributed by atoms with Crippen molar-refractivity contribution < 1.29 is 22.5 Å². The van der Waals surface area contributed by atoms with E-state index in [1.165, 1.54) is 6.07 Å². The Bertz CT molecular complexity index is 1290. The van der Waals surface area contributed by atoms with Crippen molar-refractivity contribution in [3.63, 3.8) is 0 Å². The third-order valence-corrected chi connectivity index (χ3v) is 5.10. The molecule has 2 aromatic carbocycles. The molecule has 0 saturated carbocycles. The summed E-state index contributed by atoms with van der Waals surface area (Å²) in [4.78, 5) is 15.6. The normalized spacial score (nSPS) is 12.1. The summed E-state index contributed by atoms with van der Waals surface area (Å²) in [5, 5.41) is 4.75. The molecule has 0 atom stereocenters. The fraction of sp³-hybridized carbons (Fsp3) is 0.261. The molecule has 32 heavy (non-hydrogen) atoms. The molecular weight excluding hydrogens is 421 g/mol. The van der Waals surface area contributed by atoms with Gasteiger partial charge in [0.2, 0.25) is 11.7 Å². The molecule has 0 fully saturated rings. The summed E-state index contributed by atoms with van der Waals surface area (Å²) in [6.07, 6.45) is -2.45. The molecule has 0 unspecified atom stereocenters. The van der Waals surface area contributed by atoms with E-state index < -0.39 is 17.6 Å². The first-order valence-electron chi connectivity index (χ1n) is 10.0. The lowest BCUT2D eigenvalue weighted by Crippen LogP contribution is -2.17. The van der Waals surface area contributed by atoms with Crippen LogP contribution in [-0.4, -0.2) is 20.6 Å². The topological polar surface area (TPSA) is 86.9 Å². The molecule has 166 valence electrons. The number of hydrogen-bond acceptors (Lipinski definition) is 4. The standard InChI is InChI=1S/C23H21F3N4O2/c1-13(2)10-14-6-7-15(11-18(14)23(24,25)26)22-28-21(29-32-22)17-4-3-5-19-16(17)8-9-30(19)12-20(27)31/h3-9,11,13H,10,12H2,1-2H3,(H2,27,31). The van der Waals surface area contributed by atoms with Crippen molar-refractivity contribution in [1.29, 1.82) is 0 Å². The molecule has 2 aromatic heterocycles. The number of primary amides is 1. The highest BCUT2D eigenvalue weighted by Gasteiger charge is 2.34. The lowest BCUT2D eigenvalue weighted by Gasteiger charge is -2.15. The highest BCUT2D eigenvalue weighted by molar-refractivity contribution is 5.94. The van der Waals surface area contributed by atoms with Gasteiger partial charge >= 0.3 is 6.18 Å². The number of halogens is 3. The lowest BCUT2D eigenvalue weighted by atomic mass is 9.96. The van der Waals surface area contributed by atoms with E-state index in [2.05, 4.69) is 10.1 Å². The number of hydrogen-bond donors (Lipinski definition) is 1. The van der Waals surface area contributed by atoms with Gasteiger partial charge in [0.15, 0.2) is 0 Å². The lowest BCUT2D eigenvalue weighted by molar-refractivity contribution is -0.138. The molecule has 0 radical (unpaired) electrons. The smallest absolute Gasteiger partial charge is 0.368 e. The number of nitrogens with zero attached hydrogens (tertiary/aromatic N) is 3. The first-order chi connectivity index (χ1) is 15.1. The van der Waals surface area contributed by atoms with Gasteiger partial charge in [0, 0.05) is 28.2 Å². The molecule has 9 heteroatoms. The predicted octanol–water partition coefficient (Wildman–Crippen LogP) is 5.06. The van der Waals surface area contributed by atoms with Gasteiger partial charge < -0.3 is 14.8 Å². The monoisotopic (exact) mass is 442 g/mol. The van der Waals surface area contributed by atoms with Crippen molar-refractivity contribution in [3.05, 3.63) is 59.8 Å². The molecule has 0 aliphatic rings. The van der Waals surface area contributed by atoms with Gasteiger partial charge in [-0.25, -0.2) is 0 Å². The summed E-state index contributed by atoms with van der Waals surface area (Å²) in [6.45, 7) is 3.76. The summed E-state index contributed by atoms with van der Waals surface area (Å²) in [7, 11) is 0. The van der Waals surface area contributed by atoms with E-state index in [9.17, 15) is 18.0 Å². The largest absolute Gasteiger partial charge is 0.416 e. The van der Waals surface area contributed by atoms with E-state index in [1.54, 1.807) is 35.0 Å². The fourth-order valence-electron chi connectivity index (χ4n) is 3.77. The Morgan fingerprint density at radius 3 is 2.66 bits per heavy atom. The number of benzene rings is 2. The van der Waals surface area contributed by atoms with Crippen LogP contribution < -0.4 is 5.73 Å². The van der Waals surface area contributed by atoms with Crippen molar-refractivity contribution in [2.75, 3.05) is 0 Å². The van der Waals surface area contributed by atoms with Gasteiger partial charge in [0.05, 0.1) is 5.56 Å². The van der Waals surface area contributed by atoms with Gasteiger partial charge in [-0.3, -0.25) is 4.79 Å². The second kappa shape index (κ2) is 8.14. The number of fused-ring (bicyclic) bond motifs is 1. The molecule has 4 rings (SSSR count).